The molecule has 2 N–H and O–H groups in total. The van der Waals surface area contributed by atoms with Gasteiger partial charge in [-0.25, -0.2) is 4.99 Å². The van der Waals surface area contributed by atoms with Crippen molar-refractivity contribution >= 4 is 5.90 Å². The molecule has 7 nitrogen and oxygen atoms in total. The molecule has 1 aromatic rings. The highest BCUT2D eigenvalue weighted by atomic mass is 16.7. The molecule has 24 heavy (non-hydrogen) atoms. The van der Waals surface area contributed by atoms with Crippen LogP contribution < -0.4 is 20.6 Å². The quantitative estimate of drug-likeness (QED) is 0.605. The van der Waals surface area contributed by atoms with Gasteiger partial charge in [0.15, 0.2) is 0 Å². The van der Waals surface area contributed by atoms with Gasteiger partial charge in [0.05, 0.1) is 19.2 Å². The van der Waals surface area contributed by atoms with Crippen molar-refractivity contribution in [1.82, 2.24) is 10.6 Å². The van der Waals surface area contributed by atoms with Gasteiger partial charge in [-0.15, -0.1) is 10.1 Å². The highest BCUT2D eigenvalue weighted by Gasteiger charge is 2.36. The van der Waals surface area contributed by atoms with Crippen LogP contribution >= 0.6 is 0 Å². The van der Waals surface area contributed by atoms with Crippen molar-refractivity contribution in [2.75, 3.05) is 7.11 Å². The molecular formula is C17H24N4O3. The Morgan fingerprint density at radius 3 is 2.58 bits per heavy atom. The second kappa shape index (κ2) is 7.21. The van der Waals surface area contributed by atoms with Crippen LogP contribution in [0.15, 0.2) is 41.3 Å². The third-order valence-corrected chi connectivity index (χ3v) is 4.54. The minimum Gasteiger partial charge on any atom is -0.858 e. The Bertz CT molecular complexity index is 619. The minimum atomic E-state index is -0.341. The summed E-state index contributed by atoms with van der Waals surface area (Å²) in [7, 11) is 1.59. The summed E-state index contributed by atoms with van der Waals surface area (Å²) in [5.74, 6) is 0.649. The van der Waals surface area contributed by atoms with Crippen LogP contribution in [-0.4, -0.2) is 30.1 Å². The maximum absolute atomic E-state index is 12.2. The maximum Gasteiger partial charge on any atom is 0.300 e. The van der Waals surface area contributed by atoms with E-state index in [0.29, 0.717) is 23.4 Å². The Morgan fingerprint density at radius 1 is 1.29 bits per heavy atom. The molecule has 3 rings (SSSR count). The number of hydrogen-bond donors (Lipinski definition) is 2. The average Bonchev–Trinajstić information content (AvgIpc) is 3.03. The number of aliphatic imine (C=N–C) groups is 1. The van der Waals surface area contributed by atoms with Crippen molar-refractivity contribution in [3.8, 4) is 5.75 Å². The number of quaternary nitrogens is 1. The van der Waals surface area contributed by atoms with Gasteiger partial charge in [-0.2, -0.15) is 0 Å². The van der Waals surface area contributed by atoms with E-state index in [-0.39, 0.29) is 11.8 Å². The molecule has 2 aliphatic rings. The summed E-state index contributed by atoms with van der Waals surface area (Å²) in [6.07, 6.45) is 5.34. The van der Waals surface area contributed by atoms with Gasteiger partial charge in [0.1, 0.15) is 5.75 Å². The Morgan fingerprint density at radius 2 is 1.96 bits per heavy atom. The van der Waals surface area contributed by atoms with Crippen molar-refractivity contribution < 1.29 is 19.8 Å². The molecule has 1 saturated heterocycles. The fraction of sp³-hybridized carbons (Fsp3) is 0.471. The van der Waals surface area contributed by atoms with Crippen LogP contribution in [0.25, 0.3) is 0 Å². The number of hydrogen-bond acceptors (Lipinski definition) is 6. The summed E-state index contributed by atoms with van der Waals surface area (Å²) >= 11 is 0. The molecule has 0 bridgehead atoms. The van der Waals surface area contributed by atoms with Crippen molar-refractivity contribution in [3.63, 3.8) is 0 Å². The summed E-state index contributed by atoms with van der Waals surface area (Å²) in [6, 6.07) is 7.72. The Hall–Kier alpha value is -2.09. The molecule has 1 unspecified atom stereocenters. The molecular weight excluding hydrogens is 308 g/mol. The first kappa shape index (κ1) is 16.8. The number of nitrogens with zero attached hydrogens (tertiary/aromatic N) is 2. The minimum absolute atomic E-state index is 0.288. The van der Waals surface area contributed by atoms with Gasteiger partial charge >= 0.3 is 5.88 Å². The fourth-order valence-corrected chi connectivity index (χ4v) is 3.26. The summed E-state index contributed by atoms with van der Waals surface area (Å²) in [5, 5.41) is 15.4. The Kier molecular flexibility index (Phi) is 5.03. The van der Waals surface area contributed by atoms with Gasteiger partial charge in [0.25, 0.3) is 0 Å². The zero-order valence-corrected chi connectivity index (χ0v) is 14.3. The maximum atomic E-state index is 12.2. The molecule has 1 fully saturated rings. The molecule has 1 aromatic carbocycles. The lowest BCUT2D eigenvalue weighted by Gasteiger charge is -2.37. The van der Waals surface area contributed by atoms with E-state index in [1.165, 1.54) is 6.42 Å². The van der Waals surface area contributed by atoms with Gasteiger partial charge in [-0.1, -0.05) is 12.1 Å². The van der Waals surface area contributed by atoms with Crippen LogP contribution in [0.5, 0.6) is 5.75 Å². The molecule has 7 heteroatoms. The molecule has 2 heterocycles. The number of ether oxygens (including phenoxy) is 1. The standard InChI is InChI=1S/C17H24N4O3/c1-12-5-4-6-13(2)21(12)20-11-16(24-19-20)18-17(22)14-7-9-15(23-3)10-8-14/h7-13,19H,4-6H2,1-3H3,(H,18,22)/t12-,13+. The Labute approximate surface area is 142 Å². The van der Waals surface area contributed by atoms with Crippen LogP contribution in [0, 0.1) is 0 Å². The van der Waals surface area contributed by atoms with Crippen molar-refractivity contribution in [3.05, 3.63) is 41.9 Å². The molecule has 0 spiro atoms. The predicted molar refractivity (Wildman–Crippen MR) is 87.4 cm³/mol. The molecule has 0 aromatic heterocycles. The third-order valence-electron chi connectivity index (χ3n) is 4.54. The number of methoxy groups -OCH3 is 1. The van der Waals surface area contributed by atoms with Crippen LogP contribution in [0.4, 0.5) is 0 Å². The second-order valence-electron chi connectivity index (χ2n) is 6.25. The van der Waals surface area contributed by atoms with E-state index in [4.69, 9.17) is 9.57 Å². The summed E-state index contributed by atoms with van der Waals surface area (Å²) in [6.45, 7) is 4.41. The van der Waals surface area contributed by atoms with Gasteiger partial charge in [0.2, 0.25) is 6.20 Å². The lowest BCUT2D eigenvalue weighted by Crippen LogP contribution is -3.20. The second-order valence-corrected chi connectivity index (χ2v) is 6.25. The van der Waals surface area contributed by atoms with E-state index < -0.39 is 0 Å². The predicted octanol–water partition coefficient (Wildman–Crippen LogP) is 0.114. The molecule has 0 radical (unpaired) electrons. The van der Waals surface area contributed by atoms with E-state index in [1.807, 2.05) is 0 Å². The van der Waals surface area contributed by atoms with E-state index in [1.54, 1.807) is 37.6 Å². The molecule has 3 atom stereocenters. The number of nitrogens with one attached hydrogen (secondary N) is 2. The van der Waals surface area contributed by atoms with Crippen LogP contribution in [0.1, 0.15) is 38.7 Å². The van der Waals surface area contributed by atoms with Crippen molar-refractivity contribution in [2.24, 2.45) is 4.99 Å². The van der Waals surface area contributed by atoms with Gasteiger partial charge in [-0.05, 0) is 56.7 Å². The van der Waals surface area contributed by atoms with Crippen molar-refractivity contribution in [2.45, 2.75) is 45.2 Å². The summed E-state index contributed by atoms with van der Waals surface area (Å²) in [5.41, 5.74) is 3.39. The van der Waals surface area contributed by atoms with Crippen LogP contribution in [-0.2, 0) is 4.84 Å². The average molecular weight is 332 g/mol. The highest BCUT2D eigenvalue weighted by molar-refractivity contribution is 5.91. The van der Waals surface area contributed by atoms with E-state index in [9.17, 15) is 5.11 Å². The van der Waals surface area contributed by atoms with Gasteiger partial charge in [0, 0.05) is 5.59 Å². The normalized spacial score (nSPS) is 28.4. The van der Waals surface area contributed by atoms with Crippen LogP contribution in [0.3, 0.4) is 0 Å². The number of piperidine rings is 1. The monoisotopic (exact) mass is 332 g/mol. The lowest BCUT2D eigenvalue weighted by atomic mass is 10.00. The molecule has 130 valence electrons. The first-order valence-corrected chi connectivity index (χ1v) is 8.28. The smallest absolute Gasteiger partial charge is 0.300 e. The summed E-state index contributed by atoms with van der Waals surface area (Å²) < 4.78 is 5.09. The molecule has 0 aliphatic carbocycles. The highest BCUT2D eigenvalue weighted by Crippen LogP contribution is 2.19. The third kappa shape index (κ3) is 3.53. The van der Waals surface area contributed by atoms with E-state index in [0.717, 1.165) is 18.0 Å². The first-order valence-electron chi connectivity index (χ1n) is 8.28. The zero-order chi connectivity index (χ0) is 17.1. The zero-order valence-electron chi connectivity index (χ0n) is 14.3. The number of benzene rings is 1. The first-order chi connectivity index (χ1) is 11.6. The fourth-order valence-electron chi connectivity index (χ4n) is 3.26. The van der Waals surface area contributed by atoms with E-state index >= 15 is 0 Å². The van der Waals surface area contributed by atoms with Crippen molar-refractivity contribution in [1.29, 1.82) is 0 Å². The Balaban J connectivity index is 1.72. The largest absolute Gasteiger partial charge is 0.858 e. The SMILES string of the molecule is COc1ccc(/C([O-])=N/C2=C[NH+](N3[C@H](C)CCC[C@@H]3C)NO2)cc1. The van der Waals surface area contributed by atoms with Gasteiger partial charge in [-0.3, -0.25) is 0 Å². The molecule has 0 amide bonds. The lowest BCUT2D eigenvalue weighted by molar-refractivity contribution is -1.03. The molecule has 0 saturated carbocycles. The molecule has 2 aliphatic heterocycles. The van der Waals surface area contributed by atoms with Crippen LogP contribution in [0.2, 0.25) is 0 Å². The topological polar surface area (TPSA) is 73.6 Å². The number of rotatable bonds is 4. The summed E-state index contributed by atoms with van der Waals surface area (Å²) in [4.78, 5) is 9.42. The van der Waals surface area contributed by atoms with E-state index in [2.05, 4.69) is 29.4 Å². The van der Waals surface area contributed by atoms with Gasteiger partial charge < -0.3 is 14.7 Å².